The van der Waals surface area contributed by atoms with E-state index in [1.165, 1.54) is 22.3 Å². The van der Waals surface area contributed by atoms with Crippen LogP contribution in [-0.4, -0.2) is 0 Å². The second kappa shape index (κ2) is 10.4. The standard InChI is InChI=1S/C34H30N/c1-26-13-19-31(20-14-26)35(32-21-15-27(2)16-22-32)33-23-17-28(18-24-33)25-34(29-9-5-3-6-10-29)30-11-7-4-8-12-30/h3-11,13-25,30H,1,12H2,2H3/q-1. The van der Waals surface area contributed by atoms with Gasteiger partial charge in [-0.2, -0.15) is 24.6 Å². The number of hydrogen-bond donors (Lipinski definition) is 0. The number of hydrogen-bond acceptors (Lipinski definition) is 1. The average Bonchev–Trinajstić information content (AvgIpc) is 2.91. The van der Waals surface area contributed by atoms with E-state index in [9.17, 15) is 0 Å². The second-order valence-electron chi connectivity index (χ2n) is 9.05. The summed E-state index contributed by atoms with van der Waals surface area (Å²) in [5, 5.41) is 0. The summed E-state index contributed by atoms with van der Waals surface area (Å²) in [6.45, 7) is 6.17. The molecule has 0 heterocycles. The largest absolute Gasteiger partial charge is 0.313 e. The monoisotopic (exact) mass is 452 g/mol. The van der Waals surface area contributed by atoms with Crippen molar-refractivity contribution in [3.63, 3.8) is 0 Å². The van der Waals surface area contributed by atoms with Crippen LogP contribution in [0.1, 0.15) is 28.7 Å². The fourth-order valence-corrected chi connectivity index (χ4v) is 4.53. The van der Waals surface area contributed by atoms with E-state index in [0.717, 1.165) is 29.0 Å². The minimum absolute atomic E-state index is 0.382. The zero-order chi connectivity index (χ0) is 24.0. The first-order chi connectivity index (χ1) is 17.2. The Morgan fingerprint density at radius 1 is 0.743 bits per heavy atom. The van der Waals surface area contributed by atoms with Gasteiger partial charge in [-0.05, 0) is 54.3 Å². The molecular weight excluding hydrogens is 422 g/mol. The molecule has 4 aromatic rings. The number of rotatable bonds is 6. The van der Waals surface area contributed by atoms with Gasteiger partial charge in [-0.25, -0.2) is 0 Å². The van der Waals surface area contributed by atoms with E-state index in [-0.39, 0.29) is 0 Å². The van der Waals surface area contributed by atoms with Crippen LogP contribution in [0.4, 0.5) is 17.1 Å². The fourth-order valence-electron chi connectivity index (χ4n) is 4.53. The lowest BCUT2D eigenvalue weighted by Gasteiger charge is -2.27. The zero-order valence-electron chi connectivity index (χ0n) is 20.1. The van der Waals surface area contributed by atoms with E-state index in [2.05, 4.69) is 152 Å². The normalized spacial score (nSPS) is 15.2. The fraction of sp³-hybridized carbons (Fsp3) is 0.0882. The van der Waals surface area contributed by atoms with Crippen LogP contribution in [0.25, 0.3) is 11.6 Å². The van der Waals surface area contributed by atoms with Gasteiger partial charge in [0.1, 0.15) is 0 Å². The highest BCUT2D eigenvalue weighted by molar-refractivity contribution is 5.85. The minimum atomic E-state index is 0.382. The lowest BCUT2D eigenvalue weighted by molar-refractivity contribution is 0.846. The summed E-state index contributed by atoms with van der Waals surface area (Å²) in [4.78, 5) is 2.29. The van der Waals surface area contributed by atoms with Crippen LogP contribution < -0.4 is 4.90 Å². The molecule has 0 aliphatic heterocycles. The van der Waals surface area contributed by atoms with Crippen molar-refractivity contribution in [2.24, 2.45) is 5.92 Å². The molecule has 172 valence electrons. The summed E-state index contributed by atoms with van der Waals surface area (Å²) in [7, 11) is 0. The smallest absolute Gasteiger partial charge is 0.0461 e. The Morgan fingerprint density at radius 2 is 1.34 bits per heavy atom. The Hall–Kier alpha value is -4.23. The summed E-state index contributed by atoms with van der Waals surface area (Å²) in [5.41, 5.74) is 9.47. The maximum atomic E-state index is 4.05. The molecule has 4 aromatic carbocycles. The van der Waals surface area contributed by atoms with Gasteiger partial charge in [-0.1, -0.05) is 103 Å². The highest BCUT2D eigenvalue weighted by Gasteiger charge is 2.15. The van der Waals surface area contributed by atoms with E-state index >= 15 is 0 Å². The van der Waals surface area contributed by atoms with Crippen LogP contribution in [0.15, 0.2) is 127 Å². The van der Waals surface area contributed by atoms with Gasteiger partial charge >= 0.3 is 0 Å². The highest BCUT2D eigenvalue weighted by atomic mass is 15.1. The van der Waals surface area contributed by atoms with Crippen molar-refractivity contribution in [3.8, 4) is 0 Å². The molecule has 5 rings (SSSR count). The lowest BCUT2D eigenvalue weighted by atomic mass is 9.86. The van der Waals surface area contributed by atoms with Crippen LogP contribution in [0, 0.1) is 19.8 Å². The van der Waals surface area contributed by atoms with Crippen LogP contribution in [0.3, 0.4) is 0 Å². The summed E-state index contributed by atoms with van der Waals surface area (Å²) in [6, 6.07) is 36.6. The third kappa shape index (κ3) is 5.31. The molecule has 1 aliphatic carbocycles. The molecule has 0 saturated carbocycles. The van der Waals surface area contributed by atoms with Crippen LogP contribution in [0.5, 0.6) is 0 Å². The SMILES string of the molecule is [CH2-]c1ccc(N(c2ccc(C)cc2)c2ccc(C=C(c3ccccc3)C3C=CC=CC3)cc2)cc1. The molecule has 0 aromatic heterocycles. The molecule has 0 bridgehead atoms. The van der Waals surface area contributed by atoms with Crippen LogP contribution in [-0.2, 0) is 0 Å². The maximum absolute atomic E-state index is 4.05. The van der Waals surface area contributed by atoms with Crippen molar-refractivity contribution in [3.05, 3.63) is 157 Å². The molecule has 35 heavy (non-hydrogen) atoms. The quantitative estimate of drug-likeness (QED) is 0.208. The summed E-state index contributed by atoms with van der Waals surface area (Å²) in [6.07, 6.45) is 12.2. The van der Waals surface area contributed by atoms with Crippen molar-refractivity contribution >= 4 is 28.7 Å². The van der Waals surface area contributed by atoms with Crippen molar-refractivity contribution in [1.29, 1.82) is 0 Å². The Morgan fingerprint density at radius 3 is 1.94 bits per heavy atom. The molecule has 0 fully saturated rings. The van der Waals surface area contributed by atoms with E-state index in [1.807, 2.05) is 0 Å². The van der Waals surface area contributed by atoms with Gasteiger partial charge in [0, 0.05) is 23.0 Å². The minimum Gasteiger partial charge on any atom is -0.313 e. The molecule has 0 spiro atoms. The molecule has 0 amide bonds. The number of nitrogens with zero attached hydrogens (tertiary/aromatic N) is 1. The molecular formula is C34H30N-. The third-order valence-corrected chi connectivity index (χ3v) is 6.45. The predicted octanol–water partition coefficient (Wildman–Crippen LogP) is 9.32. The van der Waals surface area contributed by atoms with E-state index in [0.29, 0.717) is 5.92 Å². The van der Waals surface area contributed by atoms with Crippen molar-refractivity contribution in [2.75, 3.05) is 4.90 Å². The van der Waals surface area contributed by atoms with Gasteiger partial charge in [0.2, 0.25) is 0 Å². The molecule has 1 heteroatoms. The number of allylic oxidation sites excluding steroid dienone is 5. The van der Waals surface area contributed by atoms with Gasteiger partial charge < -0.3 is 4.90 Å². The van der Waals surface area contributed by atoms with Gasteiger partial charge in [0.25, 0.3) is 0 Å². The molecule has 1 atom stereocenters. The van der Waals surface area contributed by atoms with Gasteiger partial charge in [0.05, 0.1) is 0 Å². The predicted molar refractivity (Wildman–Crippen MR) is 151 cm³/mol. The van der Waals surface area contributed by atoms with Crippen LogP contribution >= 0.6 is 0 Å². The topological polar surface area (TPSA) is 3.24 Å². The Bertz CT molecular complexity index is 1290. The van der Waals surface area contributed by atoms with Crippen molar-refractivity contribution in [1.82, 2.24) is 0 Å². The Labute approximate surface area is 209 Å². The van der Waals surface area contributed by atoms with Crippen molar-refractivity contribution in [2.45, 2.75) is 13.3 Å². The van der Waals surface area contributed by atoms with E-state index in [4.69, 9.17) is 0 Å². The Balaban J connectivity index is 1.52. The summed E-state index contributed by atoms with van der Waals surface area (Å²) < 4.78 is 0. The third-order valence-electron chi connectivity index (χ3n) is 6.45. The first-order valence-electron chi connectivity index (χ1n) is 12.2. The zero-order valence-corrected chi connectivity index (χ0v) is 20.1. The molecule has 0 radical (unpaired) electrons. The molecule has 1 nitrogen and oxygen atoms in total. The maximum Gasteiger partial charge on any atom is 0.0461 e. The number of benzene rings is 4. The molecule has 0 saturated heterocycles. The lowest BCUT2D eigenvalue weighted by Crippen LogP contribution is -2.09. The van der Waals surface area contributed by atoms with Gasteiger partial charge in [-0.3, -0.25) is 0 Å². The second-order valence-corrected chi connectivity index (χ2v) is 9.05. The molecule has 1 unspecified atom stereocenters. The number of anilines is 3. The first-order valence-corrected chi connectivity index (χ1v) is 12.2. The van der Waals surface area contributed by atoms with E-state index < -0.39 is 0 Å². The van der Waals surface area contributed by atoms with Crippen LogP contribution in [0.2, 0.25) is 0 Å². The highest BCUT2D eigenvalue weighted by Crippen LogP contribution is 2.36. The Kier molecular flexibility index (Phi) is 6.68. The number of aryl methyl sites for hydroxylation is 1. The molecule has 0 N–H and O–H groups in total. The summed E-state index contributed by atoms with van der Waals surface area (Å²) in [5.74, 6) is 0.382. The average molecular weight is 453 g/mol. The first kappa shape index (κ1) is 22.6. The van der Waals surface area contributed by atoms with Gasteiger partial charge in [-0.15, -0.1) is 0 Å². The summed E-state index contributed by atoms with van der Waals surface area (Å²) >= 11 is 0. The van der Waals surface area contributed by atoms with E-state index in [1.54, 1.807) is 0 Å². The van der Waals surface area contributed by atoms with Gasteiger partial charge in [0.15, 0.2) is 0 Å². The molecule has 1 aliphatic rings. The van der Waals surface area contributed by atoms with Crippen molar-refractivity contribution < 1.29 is 0 Å².